The zero-order chi connectivity index (χ0) is 16.8. The predicted octanol–water partition coefficient (Wildman–Crippen LogP) is 2.78. The smallest absolute Gasteiger partial charge is 0.411 e. The van der Waals surface area contributed by atoms with Crippen molar-refractivity contribution in [2.24, 2.45) is 0 Å². The molecule has 0 radical (unpaired) electrons. The number of nitrogens with zero attached hydrogens (tertiary/aromatic N) is 2. The van der Waals surface area contributed by atoms with Gasteiger partial charge in [0.25, 0.3) is 5.52 Å². The molecule has 1 aromatic heterocycles. The van der Waals surface area contributed by atoms with E-state index in [1.54, 1.807) is 32.9 Å². The van der Waals surface area contributed by atoms with E-state index in [-0.39, 0.29) is 22.4 Å². The van der Waals surface area contributed by atoms with Gasteiger partial charge in [-0.25, -0.2) is 4.79 Å². The van der Waals surface area contributed by atoms with Gasteiger partial charge < -0.3 is 14.7 Å². The number of hydrogen-bond donors (Lipinski definition) is 0. The van der Waals surface area contributed by atoms with E-state index in [9.17, 15) is 14.9 Å². The number of carbonyl (C=O) groups excluding carboxylic acids is 1. The molecule has 0 N–H and O–H groups in total. The molecule has 0 amide bonds. The Labute approximate surface area is 128 Å². The molecule has 1 aromatic carbocycles. The maximum Gasteiger partial charge on any atom is 0.411 e. The van der Waals surface area contributed by atoms with Crippen LogP contribution in [0.1, 0.15) is 48.1 Å². The van der Waals surface area contributed by atoms with E-state index in [1.807, 2.05) is 13.8 Å². The Morgan fingerprint density at radius 2 is 1.73 bits per heavy atom. The third-order valence-corrected chi connectivity index (χ3v) is 3.47. The minimum absolute atomic E-state index is 0.0278. The molecule has 0 bridgehead atoms. The normalized spacial score (nSPS) is 11.7. The fourth-order valence-electron chi connectivity index (χ4n) is 2.21. The molecule has 6 heteroatoms. The van der Waals surface area contributed by atoms with Gasteiger partial charge in [-0.2, -0.15) is 0 Å². The zero-order valence-corrected chi connectivity index (χ0v) is 13.7. The van der Waals surface area contributed by atoms with E-state index in [1.165, 1.54) is 6.92 Å². The minimum atomic E-state index is -0.801. The van der Waals surface area contributed by atoms with Gasteiger partial charge in [0, 0.05) is 11.0 Å². The Balaban J connectivity index is 2.79. The summed E-state index contributed by atoms with van der Waals surface area (Å²) in [5, 5.41) is 12.4. The molecule has 0 spiro atoms. The summed E-state index contributed by atoms with van der Waals surface area (Å²) in [7, 11) is 0. The zero-order valence-electron chi connectivity index (χ0n) is 13.7. The maximum atomic E-state index is 12.6. The molecule has 6 nitrogen and oxygen atoms in total. The fourth-order valence-corrected chi connectivity index (χ4v) is 2.21. The van der Waals surface area contributed by atoms with Crippen LogP contribution in [0.2, 0.25) is 0 Å². The molecular formula is C16H20N2O4. The molecule has 118 valence electrons. The third-order valence-electron chi connectivity index (χ3n) is 3.47. The highest BCUT2D eigenvalue weighted by Crippen LogP contribution is 2.20. The number of hydrogen-bond acceptors (Lipinski definition) is 4. The second kappa shape index (κ2) is 5.12. The van der Waals surface area contributed by atoms with Gasteiger partial charge >= 0.3 is 11.7 Å². The largest absolute Gasteiger partial charge is 0.805 e. The molecule has 0 saturated carbocycles. The molecular weight excluding hydrogens is 284 g/mol. The lowest BCUT2D eigenvalue weighted by molar-refractivity contribution is -0.469. The third kappa shape index (κ3) is 2.68. The van der Waals surface area contributed by atoms with E-state index >= 15 is 0 Å². The van der Waals surface area contributed by atoms with Crippen LogP contribution in [0.25, 0.3) is 11.0 Å². The van der Waals surface area contributed by atoms with Crippen molar-refractivity contribution in [3.63, 3.8) is 0 Å². The van der Waals surface area contributed by atoms with Crippen molar-refractivity contribution in [2.45, 2.75) is 47.1 Å². The summed E-state index contributed by atoms with van der Waals surface area (Å²) in [6.07, 6.45) is 0. The molecule has 22 heavy (non-hydrogen) atoms. The molecule has 0 aliphatic rings. The van der Waals surface area contributed by atoms with Gasteiger partial charge in [-0.3, -0.25) is 0 Å². The van der Waals surface area contributed by atoms with Crippen LogP contribution in [0, 0.1) is 30.9 Å². The summed E-state index contributed by atoms with van der Waals surface area (Å²) in [5.74, 6) is -0.801. The number of esters is 1. The topological polar surface area (TPSA) is 77.3 Å². The number of fused-ring (bicyclic) bond motifs is 1. The molecule has 0 saturated heterocycles. The Morgan fingerprint density at radius 1 is 1.18 bits per heavy atom. The van der Waals surface area contributed by atoms with E-state index in [2.05, 4.69) is 0 Å². The second-order valence-electron chi connectivity index (χ2n) is 6.45. The van der Waals surface area contributed by atoms with E-state index in [0.717, 1.165) is 11.1 Å². The Hall–Kier alpha value is -2.37. The Bertz CT molecular complexity index is 829. The quantitative estimate of drug-likeness (QED) is 0.599. The Kier molecular flexibility index (Phi) is 3.73. The standard InChI is InChI=1S/C16H20N2O4/c1-9-7-12-13(8-10(9)2)18(21)14(11(3)17(12)20)15(19)22-16(4,5)6/h7-8H,1-6H3. The number of ether oxygens (including phenoxy) is 1. The van der Waals surface area contributed by atoms with Crippen LogP contribution in [0.4, 0.5) is 0 Å². The van der Waals surface area contributed by atoms with Gasteiger partial charge in [0.05, 0.1) is 10.1 Å². The van der Waals surface area contributed by atoms with Crippen molar-refractivity contribution in [3.05, 3.63) is 44.8 Å². The van der Waals surface area contributed by atoms with Crippen LogP contribution >= 0.6 is 0 Å². The highest BCUT2D eigenvalue weighted by atomic mass is 16.6. The predicted molar refractivity (Wildman–Crippen MR) is 83.4 cm³/mol. The number of benzene rings is 1. The average molecular weight is 304 g/mol. The summed E-state index contributed by atoms with van der Waals surface area (Å²) in [6.45, 7) is 10.3. The van der Waals surface area contributed by atoms with Gasteiger partial charge in [0.2, 0.25) is 0 Å². The SMILES string of the molecule is Cc1cc2c(cc1C)[n+](=O)c(C(=O)OC(C)(C)C)c(C)n2[O-]. The minimum Gasteiger partial charge on any atom is -0.805 e. The van der Waals surface area contributed by atoms with Gasteiger partial charge in [0.1, 0.15) is 11.1 Å². The first-order chi connectivity index (χ1) is 10.0. The Morgan fingerprint density at radius 3 is 2.27 bits per heavy atom. The number of carbonyl (C=O) groups is 1. The lowest BCUT2D eigenvalue weighted by Crippen LogP contribution is -2.35. The van der Waals surface area contributed by atoms with E-state index < -0.39 is 11.6 Å². The lowest BCUT2D eigenvalue weighted by Gasteiger charge is -2.20. The van der Waals surface area contributed by atoms with Crippen LogP contribution in [0.3, 0.4) is 0 Å². The summed E-state index contributed by atoms with van der Waals surface area (Å²) in [4.78, 5) is 24.8. The van der Waals surface area contributed by atoms with Crippen molar-refractivity contribution in [1.29, 1.82) is 0 Å². The first kappa shape index (κ1) is 16.0. The van der Waals surface area contributed by atoms with Crippen molar-refractivity contribution >= 4 is 17.0 Å². The first-order valence-corrected chi connectivity index (χ1v) is 7.03. The first-order valence-electron chi connectivity index (χ1n) is 7.03. The molecule has 2 aromatic rings. The van der Waals surface area contributed by atoms with Crippen molar-refractivity contribution < 1.29 is 14.0 Å². The monoisotopic (exact) mass is 304 g/mol. The van der Waals surface area contributed by atoms with Crippen molar-refractivity contribution in [2.75, 3.05) is 0 Å². The van der Waals surface area contributed by atoms with Crippen LogP contribution in [0.5, 0.6) is 0 Å². The summed E-state index contributed by atoms with van der Waals surface area (Å²) < 4.78 is 6.32. The number of aryl methyl sites for hydroxylation is 2. The average Bonchev–Trinajstić information content (AvgIpc) is 2.36. The van der Waals surface area contributed by atoms with Crippen LogP contribution in [-0.4, -0.2) is 16.3 Å². The van der Waals surface area contributed by atoms with E-state index in [4.69, 9.17) is 4.74 Å². The number of rotatable bonds is 1. The van der Waals surface area contributed by atoms with Gasteiger partial charge in [-0.1, -0.05) is 0 Å². The molecule has 0 unspecified atom stereocenters. The van der Waals surface area contributed by atoms with Crippen LogP contribution in [0.15, 0.2) is 12.1 Å². The summed E-state index contributed by atoms with van der Waals surface area (Å²) in [6, 6.07) is 3.26. The van der Waals surface area contributed by atoms with E-state index in [0.29, 0.717) is 9.16 Å². The molecule has 0 atom stereocenters. The van der Waals surface area contributed by atoms with Crippen LogP contribution < -0.4 is 4.43 Å². The lowest BCUT2D eigenvalue weighted by atomic mass is 10.1. The molecule has 0 aliphatic carbocycles. The fraction of sp³-hybridized carbons (Fsp3) is 0.438. The molecule has 2 rings (SSSR count). The highest BCUT2D eigenvalue weighted by Gasteiger charge is 2.31. The van der Waals surface area contributed by atoms with Gasteiger partial charge in [-0.15, -0.1) is 0 Å². The highest BCUT2D eigenvalue weighted by molar-refractivity contribution is 5.89. The molecule has 1 heterocycles. The summed E-state index contributed by atoms with van der Waals surface area (Å²) >= 11 is 0. The second-order valence-corrected chi connectivity index (χ2v) is 6.45. The maximum absolute atomic E-state index is 12.6. The van der Waals surface area contributed by atoms with Crippen LogP contribution in [-0.2, 0) is 4.74 Å². The molecule has 0 aliphatic heterocycles. The van der Waals surface area contributed by atoms with Gasteiger partial charge in [0.15, 0.2) is 0 Å². The number of aromatic nitrogens is 2. The van der Waals surface area contributed by atoms with Crippen molar-refractivity contribution in [3.8, 4) is 0 Å². The van der Waals surface area contributed by atoms with Crippen molar-refractivity contribution in [1.82, 2.24) is 4.73 Å². The van der Waals surface area contributed by atoms with Gasteiger partial charge in [-0.05, 0) is 58.7 Å². The summed E-state index contributed by atoms with van der Waals surface area (Å²) in [5.41, 5.74) is 1.17. The molecule has 0 fully saturated rings.